The van der Waals surface area contributed by atoms with Gasteiger partial charge in [-0.25, -0.2) is 0 Å². The monoisotopic (exact) mass is 545 g/mol. The molecule has 3 aromatic carbocycles. The molecule has 1 aliphatic rings. The van der Waals surface area contributed by atoms with E-state index in [0.29, 0.717) is 0 Å². The van der Waals surface area contributed by atoms with Crippen LogP contribution < -0.4 is 21.2 Å². The summed E-state index contributed by atoms with van der Waals surface area (Å²) in [6, 6.07) is 30.8. The quantitative estimate of drug-likeness (QED) is 0.227. The molecular weight excluding hydrogens is 505 g/mol. The van der Waals surface area contributed by atoms with Gasteiger partial charge in [-0.05, 0) is 53.7 Å². The highest BCUT2D eigenvalue weighted by atomic mass is 31.2. The van der Waals surface area contributed by atoms with Gasteiger partial charge in [0.05, 0.1) is 18.1 Å². The molecule has 1 amide bonds. The standard InChI is InChI=1S/C32H40NO3PSi/c1-24(36-38(5,6)32(2,3)4)30-29(33-31(30)35)22-25(34)23-37(26-16-10-7-11-17-26,27-18-12-8-13-19-27)28-20-14-9-15-21-28/h7-21,23-24,29-30H,22H2,1-6H3,(H,33,35)/t24-,29-,30-/m1/s1. The first kappa shape index (κ1) is 28.3. The molecule has 1 fully saturated rings. The molecule has 0 unspecified atom stereocenters. The van der Waals surface area contributed by atoms with Crippen molar-refractivity contribution in [2.75, 3.05) is 0 Å². The molecule has 0 spiro atoms. The number of amides is 1. The number of β-lactam (4-membered cyclic amide) rings is 1. The lowest BCUT2D eigenvalue weighted by Crippen LogP contribution is -2.64. The molecule has 0 saturated carbocycles. The summed E-state index contributed by atoms with van der Waals surface area (Å²) in [5.41, 5.74) is 0. The average Bonchev–Trinajstić information content (AvgIpc) is 2.87. The Morgan fingerprint density at radius 3 is 1.68 bits per heavy atom. The lowest BCUT2D eigenvalue weighted by atomic mass is 9.83. The number of hydrogen-bond acceptors (Lipinski definition) is 3. The summed E-state index contributed by atoms with van der Waals surface area (Å²) in [6.07, 6.45) is 0.0231. The number of hydrogen-bond donors (Lipinski definition) is 1. The minimum absolute atomic E-state index is 0.0238. The molecule has 1 N–H and O–H groups in total. The minimum Gasteiger partial charge on any atom is -0.413 e. The summed E-state index contributed by atoms with van der Waals surface area (Å²) in [5.74, 6) is 1.67. The molecule has 1 heterocycles. The van der Waals surface area contributed by atoms with E-state index in [9.17, 15) is 9.59 Å². The Balaban J connectivity index is 1.71. The maximum Gasteiger partial charge on any atom is 0.228 e. The number of benzene rings is 3. The van der Waals surface area contributed by atoms with Crippen LogP contribution in [0.2, 0.25) is 18.1 Å². The molecule has 4 rings (SSSR count). The third kappa shape index (κ3) is 5.66. The molecule has 3 atom stereocenters. The van der Waals surface area contributed by atoms with Crippen molar-refractivity contribution in [1.29, 1.82) is 0 Å². The van der Waals surface area contributed by atoms with Crippen LogP contribution in [0.3, 0.4) is 0 Å². The van der Waals surface area contributed by atoms with Gasteiger partial charge in [-0.1, -0.05) is 112 Å². The third-order valence-electron chi connectivity index (χ3n) is 8.11. The zero-order valence-corrected chi connectivity index (χ0v) is 25.2. The van der Waals surface area contributed by atoms with E-state index in [-0.39, 0.29) is 41.2 Å². The first-order valence-corrected chi connectivity index (χ1v) is 18.1. The molecule has 6 heteroatoms. The highest BCUT2D eigenvalue weighted by Crippen LogP contribution is 2.44. The van der Waals surface area contributed by atoms with E-state index in [1.165, 1.54) is 0 Å². The van der Waals surface area contributed by atoms with Crippen molar-refractivity contribution in [2.45, 2.75) is 64.4 Å². The Labute approximate surface area is 228 Å². The predicted octanol–water partition coefficient (Wildman–Crippen LogP) is 5.27. The lowest BCUT2D eigenvalue weighted by Gasteiger charge is -2.45. The van der Waals surface area contributed by atoms with E-state index in [1.807, 2.05) is 67.3 Å². The van der Waals surface area contributed by atoms with Crippen LogP contribution >= 0.6 is 6.89 Å². The number of nitrogens with one attached hydrogen (secondary N) is 1. The topological polar surface area (TPSA) is 55.4 Å². The molecule has 0 bridgehead atoms. The largest absolute Gasteiger partial charge is 0.413 e. The van der Waals surface area contributed by atoms with Gasteiger partial charge in [0.2, 0.25) is 5.91 Å². The number of carbonyl (C=O) groups excluding carboxylic acids is 2. The van der Waals surface area contributed by atoms with Crippen molar-refractivity contribution in [3.8, 4) is 0 Å². The second-order valence-electron chi connectivity index (χ2n) is 11.8. The number of Topliss-reactive ketones (excluding diaryl/α,β-unsaturated/α-hetero) is 1. The number of carbonyl (C=O) groups is 2. The van der Waals surface area contributed by atoms with Crippen LogP contribution in [0.5, 0.6) is 0 Å². The van der Waals surface area contributed by atoms with Crippen LogP contribution in [0.15, 0.2) is 91.0 Å². The Morgan fingerprint density at radius 1 is 0.895 bits per heavy atom. The van der Waals surface area contributed by atoms with Gasteiger partial charge in [0.25, 0.3) is 0 Å². The maximum atomic E-state index is 13.9. The van der Waals surface area contributed by atoms with E-state index in [2.05, 4.69) is 75.6 Å². The number of ketones is 1. The van der Waals surface area contributed by atoms with E-state index in [0.717, 1.165) is 15.9 Å². The molecule has 200 valence electrons. The smallest absolute Gasteiger partial charge is 0.228 e. The van der Waals surface area contributed by atoms with Crippen molar-refractivity contribution in [2.24, 2.45) is 5.92 Å². The Bertz CT molecular complexity index is 1210. The first-order valence-electron chi connectivity index (χ1n) is 13.4. The molecule has 0 radical (unpaired) electrons. The molecule has 0 aliphatic carbocycles. The zero-order valence-electron chi connectivity index (χ0n) is 23.3. The molecule has 3 aromatic rings. The Hall–Kier alpha value is -2.72. The van der Waals surface area contributed by atoms with Crippen LogP contribution in [0.25, 0.3) is 0 Å². The van der Waals surface area contributed by atoms with Crippen LogP contribution in [-0.2, 0) is 14.0 Å². The molecule has 4 nitrogen and oxygen atoms in total. The van der Waals surface area contributed by atoms with E-state index in [1.54, 1.807) is 0 Å². The van der Waals surface area contributed by atoms with Gasteiger partial charge in [0.15, 0.2) is 14.1 Å². The van der Waals surface area contributed by atoms with Gasteiger partial charge in [0.1, 0.15) is 0 Å². The molecule has 1 aliphatic heterocycles. The van der Waals surface area contributed by atoms with Gasteiger partial charge >= 0.3 is 0 Å². The Morgan fingerprint density at radius 2 is 1.32 bits per heavy atom. The van der Waals surface area contributed by atoms with Crippen molar-refractivity contribution in [3.63, 3.8) is 0 Å². The van der Waals surface area contributed by atoms with Gasteiger partial charge in [-0.15, -0.1) is 0 Å². The van der Waals surface area contributed by atoms with Gasteiger partial charge in [0, 0.05) is 6.42 Å². The fourth-order valence-electron chi connectivity index (χ4n) is 5.03. The minimum atomic E-state index is -2.38. The number of rotatable bonds is 9. The molecule has 0 aromatic heterocycles. The van der Waals surface area contributed by atoms with Crippen LogP contribution in [0.1, 0.15) is 34.1 Å². The second kappa shape index (κ2) is 11.2. The van der Waals surface area contributed by atoms with E-state index in [4.69, 9.17) is 4.43 Å². The highest BCUT2D eigenvalue weighted by Gasteiger charge is 2.47. The average molecular weight is 546 g/mol. The SMILES string of the molecule is C[C@@H](O[Si](C)(C)C(C)(C)C)[C@H]1C(=O)N[C@@H]1CC(=O)C=P(c1ccccc1)(c1ccccc1)c1ccccc1. The summed E-state index contributed by atoms with van der Waals surface area (Å²) in [4.78, 5) is 26.5. The van der Waals surface area contributed by atoms with Gasteiger partial charge in [-0.3, -0.25) is 9.59 Å². The predicted molar refractivity (Wildman–Crippen MR) is 164 cm³/mol. The van der Waals surface area contributed by atoms with Crippen LogP contribution in [0, 0.1) is 5.92 Å². The summed E-state index contributed by atoms with van der Waals surface area (Å²) in [6.45, 7) is 10.6. The van der Waals surface area contributed by atoms with Crippen LogP contribution in [-0.4, -0.2) is 38.0 Å². The fourth-order valence-corrected chi connectivity index (χ4v) is 10.3. The summed E-state index contributed by atoms with van der Waals surface area (Å²) in [5, 5.41) is 6.45. The highest BCUT2D eigenvalue weighted by molar-refractivity contribution is 7.95. The lowest BCUT2D eigenvalue weighted by molar-refractivity contribution is -0.140. The normalized spacial score (nSPS) is 18.7. The van der Waals surface area contributed by atoms with Crippen LogP contribution in [0.4, 0.5) is 0 Å². The second-order valence-corrected chi connectivity index (χ2v) is 19.8. The van der Waals surface area contributed by atoms with Crippen molar-refractivity contribution in [1.82, 2.24) is 5.32 Å². The van der Waals surface area contributed by atoms with Gasteiger partial charge in [-0.2, -0.15) is 0 Å². The first-order chi connectivity index (χ1) is 18.0. The maximum absolute atomic E-state index is 13.9. The zero-order chi connectivity index (χ0) is 27.6. The van der Waals surface area contributed by atoms with Crippen molar-refractivity contribution >= 4 is 48.6 Å². The van der Waals surface area contributed by atoms with Gasteiger partial charge < -0.3 is 9.74 Å². The summed E-state index contributed by atoms with van der Waals surface area (Å²) >= 11 is 0. The molecular formula is C32H40NO3PSi. The van der Waals surface area contributed by atoms with Crippen molar-refractivity contribution in [3.05, 3.63) is 91.0 Å². The van der Waals surface area contributed by atoms with E-state index >= 15 is 0 Å². The molecule has 1 saturated heterocycles. The molecule has 38 heavy (non-hydrogen) atoms. The van der Waals surface area contributed by atoms with Crippen molar-refractivity contribution < 1.29 is 14.0 Å². The summed E-state index contributed by atoms with van der Waals surface area (Å²) in [7, 11) is -2.05. The van der Waals surface area contributed by atoms with E-state index < -0.39 is 15.2 Å². The third-order valence-corrected chi connectivity index (χ3v) is 16.7. The fraction of sp³-hybridized carbons (Fsp3) is 0.344. The Kier molecular flexibility index (Phi) is 8.32. The summed E-state index contributed by atoms with van der Waals surface area (Å²) < 4.78 is 6.56.